The summed E-state index contributed by atoms with van der Waals surface area (Å²) in [6, 6.07) is 11.6. The van der Waals surface area contributed by atoms with E-state index < -0.39 is 0 Å². The number of aldehydes is 1. The quantitative estimate of drug-likeness (QED) is 0.643. The zero-order valence-electron chi connectivity index (χ0n) is 9.87. The van der Waals surface area contributed by atoms with E-state index in [2.05, 4.69) is 10.2 Å². The van der Waals surface area contributed by atoms with E-state index in [4.69, 9.17) is 0 Å². The zero-order chi connectivity index (χ0) is 12.5. The van der Waals surface area contributed by atoms with E-state index in [0.717, 1.165) is 28.9 Å². The number of carbonyl (C=O) groups is 1. The predicted molar refractivity (Wildman–Crippen MR) is 68.5 cm³/mol. The highest BCUT2D eigenvalue weighted by molar-refractivity contribution is 5.76. The number of rotatable bonds is 2. The van der Waals surface area contributed by atoms with Gasteiger partial charge in [0.15, 0.2) is 17.8 Å². The molecule has 0 saturated carbocycles. The summed E-state index contributed by atoms with van der Waals surface area (Å²) in [4.78, 5) is 10.9. The number of fused-ring (bicyclic) bond motifs is 1. The van der Waals surface area contributed by atoms with E-state index in [1.807, 2.05) is 47.7 Å². The Hall–Kier alpha value is -2.49. The standard InChI is InChI=1S/C14H11N3O/c1-10-7-11(9-18)8-17-13(10)15-16-14(17)12-5-3-2-4-6-12/h2-9H,1H3. The third-order valence-corrected chi connectivity index (χ3v) is 2.88. The Morgan fingerprint density at radius 2 is 1.94 bits per heavy atom. The van der Waals surface area contributed by atoms with Crippen molar-refractivity contribution in [1.82, 2.24) is 14.6 Å². The Balaban J connectivity index is 2.32. The summed E-state index contributed by atoms with van der Waals surface area (Å²) < 4.78 is 1.86. The van der Waals surface area contributed by atoms with Crippen molar-refractivity contribution in [2.24, 2.45) is 0 Å². The van der Waals surface area contributed by atoms with E-state index in [-0.39, 0.29) is 0 Å². The molecule has 2 aromatic heterocycles. The van der Waals surface area contributed by atoms with Crippen LogP contribution in [0.4, 0.5) is 0 Å². The monoisotopic (exact) mass is 237 g/mol. The number of aryl methyl sites for hydroxylation is 1. The molecule has 0 aliphatic heterocycles. The van der Waals surface area contributed by atoms with Crippen LogP contribution in [0.5, 0.6) is 0 Å². The molecule has 0 aliphatic carbocycles. The first-order chi connectivity index (χ1) is 8.79. The molecule has 0 fully saturated rings. The lowest BCUT2D eigenvalue weighted by molar-refractivity contribution is 0.112. The van der Waals surface area contributed by atoms with Gasteiger partial charge in [0.25, 0.3) is 0 Å². The maximum Gasteiger partial charge on any atom is 0.168 e. The SMILES string of the molecule is Cc1cc(C=O)cn2c(-c3ccccc3)nnc12. The van der Waals surface area contributed by atoms with Gasteiger partial charge in [0.05, 0.1) is 0 Å². The van der Waals surface area contributed by atoms with Crippen molar-refractivity contribution in [2.45, 2.75) is 6.92 Å². The van der Waals surface area contributed by atoms with Crippen molar-refractivity contribution < 1.29 is 4.79 Å². The van der Waals surface area contributed by atoms with Crippen molar-refractivity contribution in [3.63, 3.8) is 0 Å². The summed E-state index contributed by atoms with van der Waals surface area (Å²) in [6.07, 6.45) is 2.60. The number of nitrogens with zero attached hydrogens (tertiary/aromatic N) is 3. The van der Waals surface area contributed by atoms with Gasteiger partial charge in [0.1, 0.15) is 0 Å². The molecule has 18 heavy (non-hydrogen) atoms. The van der Waals surface area contributed by atoms with Crippen LogP contribution < -0.4 is 0 Å². The molecule has 4 nitrogen and oxygen atoms in total. The summed E-state index contributed by atoms with van der Waals surface area (Å²) in [5.74, 6) is 0.748. The first-order valence-electron chi connectivity index (χ1n) is 5.65. The molecule has 1 aromatic carbocycles. The number of pyridine rings is 1. The van der Waals surface area contributed by atoms with Gasteiger partial charge in [-0.3, -0.25) is 9.20 Å². The molecule has 3 aromatic rings. The molecule has 2 heterocycles. The van der Waals surface area contributed by atoms with Crippen molar-refractivity contribution in [3.8, 4) is 11.4 Å². The lowest BCUT2D eigenvalue weighted by atomic mass is 10.2. The minimum atomic E-state index is 0.622. The summed E-state index contributed by atoms with van der Waals surface area (Å²) in [6.45, 7) is 1.92. The van der Waals surface area contributed by atoms with Crippen molar-refractivity contribution in [2.75, 3.05) is 0 Å². The summed E-state index contributed by atoms with van der Waals surface area (Å²) in [5, 5.41) is 8.37. The van der Waals surface area contributed by atoms with E-state index >= 15 is 0 Å². The molecule has 4 heteroatoms. The predicted octanol–water partition coefficient (Wildman–Crippen LogP) is 2.52. The van der Waals surface area contributed by atoms with Gasteiger partial charge in [-0.15, -0.1) is 10.2 Å². The minimum absolute atomic E-state index is 0.622. The smallest absolute Gasteiger partial charge is 0.168 e. The Labute approximate surface area is 104 Å². The number of aromatic nitrogens is 3. The normalized spacial score (nSPS) is 10.7. The van der Waals surface area contributed by atoms with Crippen LogP contribution in [0.3, 0.4) is 0 Å². The van der Waals surface area contributed by atoms with Gasteiger partial charge in [0, 0.05) is 17.3 Å². The Morgan fingerprint density at radius 1 is 1.17 bits per heavy atom. The van der Waals surface area contributed by atoms with Crippen LogP contribution in [-0.4, -0.2) is 20.9 Å². The lowest BCUT2D eigenvalue weighted by Gasteiger charge is -2.02. The highest BCUT2D eigenvalue weighted by atomic mass is 16.1. The minimum Gasteiger partial charge on any atom is -0.298 e. The van der Waals surface area contributed by atoms with Gasteiger partial charge in [0.2, 0.25) is 0 Å². The highest BCUT2D eigenvalue weighted by Gasteiger charge is 2.10. The molecule has 0 spiro atoms. The van der Waals surface area contributed by atoms with Crippen LogP contribution in [0.2, 0.25) is 0 Å². The molecule has 0 N–H and O–H groups in total. The number of carbonyl (C=O) groups excluding carboxylic acids is 1. The van der Waals surface area contributed by atoms with Gasteiger partial charge in [-0.25, -0.2) is 0 Å². The second-order valence-electron chi connectivity index (χ2n) is 4.16. The molecule has 0 unspecified atom stereocenters. The average Bonchev–Trinajstić information content (AvgIpc) is 2.84. The largest absolute Gasteiger partial charge is 0.298 e. The first-order valence-corrected chi connectivity index (χ1v) is 5.65. The van der Waals surface area contributed by atoms with Gasteiger partial charge < -0.3 is 0 Å². The van der Waals surface area contributed by atoms with E-state index in [0.29, 0.717) is 5.56 Å². The fraction of sp³-hybridized carbons (Fsp3) is 0.0714. The van der Waals surface area contributed by atoms with Gasteiger partial charge in [-0.05, 0) is 18.6 Å². The first kappa shape index (κ1) is 10.7. The van der Waals surface area contributed by atoms with Crippen LogP contribution in [0.15, 0.2) is 42.6 Å². The van der Waals surface area contributed by atoms with Crippen LogP contribution >= 0.6 is 0 Å². The fourth-order valence-electron chi connectivity index (χ4n) is 2.03. The zero-order valence-corrected chi connectivity index (χ0v) is 9.87. The van der Waals surface area contributed by atoms with E-state index in [1.165, 1.54) is 0 Å². The molecule has 88 valence electrons. The molecule has 0 amide bonds. The number of hydrogen-bond acceptors (Lipinski definition) is 3. The number of hydrogen-bond donors (Lipinski definition) is 0. The van der Waals surface area contributed by atoms with Crippen LogP contribution in [0.25, 0.3) is 17.0 Å². The Kier molecular flexibility index (Phi) is 2.41. The molecule has 0 saturated heterocycles. The topological polar surface area (TPSA) is 47.3 Å². The maximum absolute atomic E-state index is 10.9. The van der Waals surface area contributed by atoms with Crippen molar-refractivity contribution in [1.29, 1.82) is 0 Å². The molecule has 0 atom stereocenters. The van der Waals surface area contributed by atoms with Crippen LogP contribution in [0.1, 0.15) is 15.9 Å². The van der Waals surface area contributed by atoms with E-state index in [1.54, 1.807) is 6.20 Å². The van der Waals surface area contributed by atoms with Crippen LogP contribution in [0, 0.1) is 6.92 Å². The van der Waals surface area contributed by atoms with Gasteiger partial charge in [-0.2, -0.15) is 0 Å². The second-order valence-corrected chi connectivity index (χ2v) is 4.16. The lowest BCUT2D eigenvalue weighted by Crippen LogP contribution is -1.94. The molecular formula is C14H11N3O. The molecule has 3 rings (SSSR count). The van der Waals surface area contributed by atoms with E-state index in [9.17, 15) is 4.79 Å². The summed E-state index contributed by atoms with van der Waals surface area (Å²) >= 11 is 0. The Morgan fingerprint density at radius 3 is 2.67 bits per heavy atom. The van der Waals surface area contributed by atoms with Crippen LogP contribution in [-0.2, 0) is 0 Å². The maximum atomic E-state index is 10.9. The Bertz CT molecular complexity index is 716. The van der Waals surface area contributed by atoms with Gasteiger partial charge in [-0.1, -0.05) is 30.3 Å². The summed E-state index contributed by atoms with van der Waals surface area (Å²) in [7, 11) is 0. The highest BCUT2D eigenvalue weighted by Crippen LogP contribution is 2.20. The third kappa shape index (κ3) is 1.59. The van der Waals surface area contributed by atoms with Gasteiger partial charge >= 0.3 is 0 Å². The molecule has 0 aliphatic rings. The molecule has 0 radical (unpaired) electrons. The van der Waals surface area contributed by atoms with Crippen molar-refractivity contribution in [3.05, 3.63) is 53.7 Å². The van der Waals surface area contributed by atoms with Crippen molar-refractivity contribution >= 4 is 11.9 Å². The second kappa shape index (κ2) is 4.07. The number of benzene rings is 1. The molecular weight excluding hydrogens is 226 g/mol. The summed E-state index contributed by atoms with van der Waals surface area (Å²) in [5.41, 5.74) is 3.32. The fourth-order valence-corrected chi connectivity index (χ4v) is 2.03. The molecule has 0 bridgehead atoms. The third-order valence-electron chi connectivity index (χ3n) is 2.88. The average molecular weight is 237 g/mol.